The van der Waals surface area contributed by atoms with Gasteiger partial charge in [-0.3, -0.25) is 4.79 Å². The molecule has 76 valence electrons. The molecule has 1 aromatic rings. The van der Waals surface area contributed by atoms with Gasteiger partial charge in [-0.05, 0) is 19.1 Å². The molecule has 0 saturated heterocycles. The SMILES string of the molecule is Cc1ccc(OCCCl)c(C(N)=O)c1. The summed E-state index contributed by atoms with van der Waals surface area (Å²) in [5.41, 5.74) is 6.57. The van der Waals surface area contributed by atoms with Gasteiger partial charge < -0.3 is 10.5 Å². The molecule has 0 bridgehead atoms. The molecule has 0 aliphatic rings. The molecule has 0 aliphatic carbocycles. The number of ether oxygens (including phenoxy) is 1. The Morgan fingerprint density at radius 2 is 2.29 bits per heavy atom. The summed E-state index contributed by atoms with van der Waals surface area (Å²) < 4.78 is 5.27. The molecule has 0 aliphatic heterocycles. The molecule has 1 aromatic carbocycles. The van der Waals surface area contributed by atoms with Crippen molar-refractivity contribution in [2.24, 2.45) is 5.73 Å². The number of hydrogen-bond acceptors (Lipinski definition) is 2. The van der Waals surface area contributed by atoms with Crippen LogP contribution in [0, 0.1) is 6.92 Å². The van der Waals surface area contributed by atoms with E-state index in [4.69, 9.17) is 22.1 Å². The van der Waals surface area contributed by atoms with Crippen LogP contribution in [-0.2, 0) is 0 Å². The van der Waals surface area contributed by atoms with Crippen molar-refractivity contribution < 1.29 is 9.53 Å². The minimum Gasteiger partial charge on any atom is -0.492 e. The Hall–Kier alpha value is -1.22. The van der Waals surface area contributed by atoms with Gasteiger partial charge in [0.05, 0.1) is 11.4 Å². The van der Waals surface area contributed by atoms with Gasteiger partial charge in [0.15, 0.2) is 0 Å². The minimum atomic E-state index is -0.488. The van der Waals surface area contributed by atoms with Gasteiger partial charge in [0.2, 0.25) is 0 Å². The number of nitrogens with two attached hydrogens (primary N) is 1. The number of hydrogen-bond donors (Lipinski definition) is 1. The maximum atomic E-state index is 11.0. The maximum absolute atomic E-state index is 11.0. The first-order valence-electron chi connectivity index (χ1n) is 4.24. The smallest absolute Gasteiger partial charge is 0.252 e. The van der Waals surface area contributed by atoms with Crippen LogP contribution < -0.4 is 10.5 Å². The highest BCUT2D eigenvalue weighted by atomic mass is 35.5. The molecule has 0 saturated carbocycles. The van der Waals surface area contributed by atoms with Crippen molar-refractivity contribution in [1.29, 1.82) is 0 Å². The number of amides is 1. The van der Waals surface area contributed by atoms with Gasteiger partial charge in [0.25, 0.3) is 5.91 Å². The average Bonchev–Trinajstić information content (AvgIpc) is 2.15. The first kappa shape index (κ1) is 10.9. The normalized spacial score (nSPS) is 9.86. The molecule has 0 unspecified atom stereocenters. The summed E-state index contributed by atoms with van der Waals surface area (Å²) in [5.74, 6) is 0.383. The summed E-state index contributed by atoms with van der Waals surface area (Å²) in [5, 5.41) is 0. The highest BCUT2D eigenvalue weighted by molar-refractivity contribution is 6.18. The zero-order valence-corrected chi connectivity index (χ0v) is 8.67. The van der Waals surface area contributed by atoms with Gasteiger partial charge >= 0.3 is 0 Å². The molecule has 0 radical (unpaired) electrons. The van der Waals surface area contributed by atoms with Crippen molar-refractivity contribution in [1.82, 2.24) is 0 Å². The lowest BCUT2D eigenvalue weighted by molar-refractivity contribution is 0.0996. The summed E-state index contributed by atoms with van der Waals surface area (Å²) >= 11 is 5.47. The predicted molar refractivity (Wildman–Crippen MR) is 55.9 cm³/mol. The maximum Gasteiger partial charge on any atom is 0.252 e. The number of primary amides is 1. The van der Waals surface area contributed by atoms with Crippen LogP contribution >= 0.6 is 11.6 Å². The second-order valence-electron chi connectivity index (χ2n) is 2.90. The number of rotatable bonds is 4. The average molecular weight is 214 g/mol. The van der Waals surface area contributed by atoms with Crippen molar-refractivity contribution in [3.8, 4) is 5.75 Å². The summed E-state index contributed by atoms with van der Waals surface area (Å²) in [6.07, 6.45) is 0. The standard InChI is InChI=1S/C10H12ClNO2/c1-7-2-3-9(14-5-4-11)8(6-7)10(12)13/h2-3,6H,4-5H2,1H3,(H2,12,13). The summed E-state index contributed by atoms with van der Waals surface area (Å²) in [6.45, 7) is 2.25. The molecular formula is C10H12ClNO2. The molecule has 2 N–H and O–H groups in total. The molecule has 4 heteroatoms. The number of aryl methyl sites for hydroxylation is 1. The largest absolute Gasteiger partial charge is 0.492 e. The Balaban J connectivity index is 2.96. The second kappa shape index (κ2) is 4.86. The van der Waals surface area contributed by atoms with Crippen LogP contribution in [0.25, 0.3) is 0 Å². The quantitative estimate of drug-likeness (QED) is 0.775. The molecule has 0 atom stereocenters. The Kier molecular flexibility index (Phi) is 3.77. The zero-order valence-electron chi connectivity index (χ0n) is 7.92. The monoisotopic (exact) mass is 213 g/mol. The van der Waals surface area contributed by atoms with Crippen LogP contribution in [0.5, 0.6) is 5.75 Å². The molecule has 0 fully saturated rings. The first-order valence-corrected chi connectivity index (χ1v) is 4.78. The van der Waals surface area contributed by atoms with Crippen LogP contribution in [0.15, 0.2) is 18.2 Å². The van der Waals surface area contributed by atoms with Gasteiger partial charge in [0, 0.05) is 0 Å². The van der Waals surface area contributed by atoms with E-state index in [9.17, 15) is 4.79 Å². The second-order valence-corrected chi connectivity index (χ2v) is 3.28. The van der Waals surface area contributed by atoms with Crippen LogP contribution in [-0.4, -0.2) is 18.4 Å². The lowest BCUT2D eigenvalue weighted by atomic mass is 10.1. The van der Waals surface area contributed by atoms with E-state index in [1.54, 1.807) is 12.1 Å². The van der Waals surface area contributed by atoms with Crippen molar-refractivity contribution in [3.05, 3.63) is 29.3 Å². The van der Waals surface area contributed by atoms with Crippen LogP contribution in [0.2, 0.25) is 0 Å². The van der Waals surface area contributed by atoms with Gasteiger partial charge in [-0.1, -0.05) is 11.6 Å². The fourth-order valence-electron chi connectivity index (χ4n) is 1.11. The van der Waals surface area contributed by atoms with Crippen LogP contribution in [0.1, 0.15) is 15.9 Å². The highest BCUT2D eigenvalue weighted by Gasteiger charge is 2.08. The Morgan fingerprint density at radius 1 is 1.57 bits per heavy atom. The number of carbonyl (C=O) groups excluding carboxylic acids is 1. The molecular weight excluding hydrogens is 202 g/mol. The van der Waals surface area contributed by atoms with E-state index in [0.29, 0.717) is 23.8 Å². The van der Waals surface area contributed by atoms with E-state index >= 15 is 0 Å². The Bertz CT molecular complexity index is 339. The fourth-order valence-corrected chi connectivity index (χ4v) is 1.19. The first-order chi connectivity index (χ1) is 6.65. The third-order valence-corrected chi connectivity index (χ3v) is 1.89. The summed E-state index contributed by atoms with van der Waals surface area (Å²) in [7, 11) is 0. The summed E-state index contributed by atoms with van der Waals surface area (Å²) in [6, 6.07) is 5.28. The summed E-state index contributed by atoms with van der Waals surface area (Å²) in [4.78, 5) is 11.0. The molecule has 3 nitrogen and oxygen atoms in total. The van der Waals surface area contributed by atoms with Crippen LogP contribution in [0.4, 0.5) is 0 Å². The lowest BCUT2D eigenvalue weighted by Crippen LogP contribution is -2.13. The number of benzene rings is 1. The predicted octanol–water partition coefficient (Wildman–Crippen LogP) is 1.71. The fraction of sp³-hybridized carbons (Fsp3) is 0.300. The highest BCUT2D eigenvalue weighted by Crippen LogP contribution is 2.19. The number of alkyl halides is 1. The van der Waals surface area contributed by atoms with E-state index in [1.165, 1.54) is 0 Å². The molecule has 0 spiro atoms. The minimum absolute atomic E-state index is 0.366. The third-order valence-electron chi connectivity index (χ3n) is 1.74. The van der Waals surface area contributed by atoms with Crippen molar-refractivity contribution >= 4 is 17.5 Å². The van der Waals surface area contributed by atoms with E-state index in [1.807, 2.05) is 13.0 Å². The van der Waals surface area contributed by atoms with Gasteiger partial charge in [-0.15, -0.1) is 11.6 Å². The van der Waals surface area contributed by atoms with Gasteiger partial charge in [0.1, 0.15) is 12.4 Å². The zero-order chi connectivity index (χ0) is 10.6. The Labute approximate surface area is 87.8 Å². The Morgan fingerprint density at radius 3 is 2.86 bits per heavy atom. The van der Waals surface area contributed by atoms with Crippen molar-refractivity contribution in [2.75, 3.05) is 12.5 Å². The van der Waals surface area contributed by atoms with Crippen molar-refractivity contribution in [2.45, 2.75) is 6.92 Å². The topological polar surface area (TPSA) is 52.3 Å². The van der Waals surface area contributed by atoms with E-state index < -0.39 is 5.91 Å². The van der Waals surface area contributed by atoms with Crippen LogP contribution in [0.3, 0.4) is 0 Å². The number of carbonyl (C=O) groups is 1. The molecule has 1 rings (SSSR count). The van der Waals surface area contributed by atoms with E-state index in [2.05, 4.69) is 0 Å². The molecule has 14 heavy (non-hydrogen) atoms. The molecule has 0 aromatic heterocycles. The van der Waals surface area contributed by atoms with E-state index in [-0.39, 0.29) is 0 Å². The van der Waals surface area contributed by atoms with Gasteiger partial charge in [-0.2, -0.15) is 0 Å². The van der Waals surface area contributed by atoms with E-state index in [0.717, 1.165) is 5.56 Å². The van der Waals surface area contributed by atoms with Gasteiger partial charge in [-0.25, -0.2) is 0 Å². The number of halogens is 1. The molecule has 1 amide bonds. The third kappa shape index (κ3) is 2.64. The lowest BCUT2D eigenvalue weighted by Gasteiger charge is -2.08. The van der Waals surface area contributed by atoms with Crippen molar-refractivity contribution in [3.63, 3.8) is 0 Å². The molecule has 0 heterocycles.